The lowest BCUT2D eigenvalue weighted by molar-refractivity contribution is -0.150. The summed E-state index contributed by atoms with van der Waals surface area (Å²) in [6, 6.07) is 5.15. The Morgan fingerprint density at radius 1 is 1.33 bits per heavy atom. The number of hydrogen-bond donors (Lipinski definition) is 1. The van der Waals surface area contributed by atoms with Crippen LogP contribution in [0.4, 0.5) is 5.82 Å². The Morgan fingerprint density at radius 3 is 2.33 bits per heavy atom. The predicted octanol–water partition coefficient (Wildman–Crippen LogP) is 1.79. The number of aromatic nitrogens is 1. The number of aliphatic carboxylic acids is 1. The molecule has 0 saturated heterocycles. The van der Waals surface area contributed by atoms with Gasteiger partial charge in [0, 0.05) is 13.2 Å². The van der Waals surface area contributed by atoms with Crippen molar-refractivity contribution in [1.29, 1.82) is 0 Å². The maximum Gasteiger partial charge on any atom is 0.316 e. The molecule has 0 saturated carbocycles. The zero-order valence-corrected chi connectivity index (χ0v) is 11.0. The van der Waals surface area contributed by atoms with Crippen LogP contribution in [0.3, 0.4) is 0 Å². The zero-order valence-electron chi connectivity index (χ0n) is 11.0. The number of anilines is 1. The Balaban J connectivity index is 3.02. The molecule has 0 spiro atoms. The molecule has 1 N–H and O–H groups in total. The largest absolute Gasteiger partial charge is 0.481 e. The fourth-order valence-corrected chi connectivity index (χ4v) is 1.71. The van der Waals surface area contributed by atoms with Crippen LogP contribution in [0.15, 0.2) is 24.4 Å². The van der Waals surface area contributed by atoms with Crippen LogP contribution in [-0.2, 0) is 9.59 Å². The van der Waals surface area contributed by atoms with Gasteiger partial charge in [-0.25, -0.2) is 4.98 Å². The van der Waals surface area contributed by atoms with Crippen LogP contribution in [0.5, 0.6) is 0 Å². The molecule has 18 heavy (non-hydrogen) atoms. The fraction of sp³-hybridized carbons (Fsp3) is 0.462. The van der Waals surface area contributed by atoms with Crippen molar-refractivity contribution < 1.29 is 14.7 Å². The molecule has 1 atom stereocenters. The average Bonchev–Trinajstić information content (AvgIpc) is 2.26. The topological polar surface area (TPSA) is 70.5 Å². The minimum atomic E-state index is -1.12. The lowest BCUT2D eigenvalue weighted by Gasteiger charge is -2.29. The molecule has 98 valence electrons. The summed E-state index contributed by atoms with van der Waals surface area (Å²) in [4.78, 5) is 28.8. The summed E-state index contributed by atoms with van der Waals surface area (Å²) in [5.41, 5.74) is -0.647. The summed E-state index contributed by atoms with van der Waals surface area (Å²) in [6.45, 7) is 5.20. The molecule has 0 aliphatic carbocycles. The molecule has 0 radical (unpaired) electrons. The second-order valence-corrected chi connectivity index (χ2v) is 5.22. The SMILES string of the molecule is CN(C(=O)C(C(=O)O)C(C)(C)C)c1ccccn1. The van der Waals surface area contributed by atoms with E-state index in [9.17, 15) is 14.7 Å². The summed E-state index contributed by atoms with van der Waals surface area (Å²) in [5, 5.41) is 9.21. The fourth-order valence-electron chi connectivity index (χ4n) is 1.71. The molecule has 1 heterocycles. The van der Waals surface area contributed by atoms with Crippen molar-refractivity contribution >= 4 is 17.7 Å². The minimum Gasteiger partial charge on any atom is -0.481 e. The maximum atomic E-state index is 12.2. The number of nitrogens with zero attached hydrogens (tertiary/aromatic N) is 2. The molecule has 1 aromatic rings. The van der Waals surface area contributed by atoms with E-state index in [0.29, 0.717) is 5.82 Å². The molecule has 0 aliphatic rings. The van der Waals surface area contributed by atoms with Crippen molar-refractivity contribution in [2.45, 2.75) is 20.8 Å². The highest BCUT2D eigenvalue weighted by atomic mass is 16.4. The second-order valence-electron chi connectivity index (χ2n) is 5.22. The van der Waals surface area contributed by atoms with E-state index >= 15 is 0 Å². The predicted molar refractivity (Wildman–Crippen MR) is 68.2 cm³/mol. The normalized spacial score (nSPS) is 12.9. The molecule has 1 aromatic heterocycles. The number of amides is 1. The first-order valence-electron chi connectivity index (χ1n) is 5.66. The van der Waals surface area contributed by atoms with E-state index in [2.05, 4.69) is 4.98 Å². The number of rotatable bonds is 3. The lowest BCUT2D eigenvalue weighted by atomic mass is 9.80. The molecular formula is C13H18N2O3. The number of pyridine rings is 1. The number of hydrogen-bond acceptors (Lipinski definition) is 3. The van der Waals surface area contributed by atoms with Crippen LogP contribution in [0, 0.1) is 11.3 Å². The van der Waals surface area contributed by atoms with Gasteiger partial charge in [0.25, 0.3) is 0 Å². The lowest BCUT2D eigenvalue weighted by Crippen LogP contribution is -2.44. The average molecular weight is 250 g/mol. The van der Waals surface area contributed by atoms with Crippen LogP contribution >= 0.6 is 0 Å². The first kappa shape index (κ1) is 14.2. The second kappa shape index (κ2) is 5.16. The Morgan fingerprint density at radius 2 is 1.94 bits per heavy atom. The van der Waals surface area contributed by atoms with E-state index in [4.69, 9.17) is 0 Å². The van der Waals surface area contributed by atoms with Crippen LogP contribution in [0.25, 0.3) is 0 Å². The van der Waals surface area contributed by atoms with Gasteiger partial charge in [0.1, 0.15) is 11.7 Å². The van der Waals surface area contributed by atoms with Gasteiger partial charge in [-0.05, 0) is 17.5 Å². The quantitative estimate of drug-likeness (QED) is 0.830. The van der Waals surface area contributed by atoms with Gasteiger partial charge < -0.3 is 5.11 Å². The van der Waals surface area contributed by atoms with E-state index in [1.54, 1.807) is 45.2 Å². The highest BCUT2D eigenvalue weighted by molar-refractivity contribution is 6.05. The molecule has 5 heteroatoms. The molecule has 1 amide bonds. The first-order valence-corrected chi connectivity index (χ1v) is 5.66. The van der Waals surface area contributed by atoms with Crippen molar-refractivity contribution in [3.63, 3.8) is 0 Å². The standard InChI is InChI=1S/C13H18N2O3/c1-13(2,3)10(12(17)18)11(16)15(4)9-7-5-6-8-14-9/h5-8,10H,1-4H3,(H,17,18). The Hall–Kier alpha value is -1.91. The summed E-state index contributed by atoms with van der Waals surface area (Å²) in [6.07, 6.45) is 1.56. The third kappa shape index (κ3) is 3.06. The first-order chi connectivity index (χ1) is 8.25. The maximum absolute atomic E-state index is 12.2. The van der Waals surface area contributed by atoms with Gasteiger partial charge in [0.15, 0.2) is 0 Å². The highest BCUT2D eigenvalue weighted by Crippen LogP contribution is 2.28. The Labute approximate surface area is 106 Å². The molecule has 1 rings (SSSR count). The Kier molecular flexibility index (Phi) is 4.06. The van der Waals surface area contributed by atoms with E-state index in [1.807, 2.05) is 0 Å². The number of carboxylic acids is 1. The summed E-state index contributed by atoms with van der Waals surface area (Å²) < 4.78 is 0. The van der Waals surface area contributed by atoms with Gasteiger partial charge in [-0.15, -0.1) is 0 Å². The molecule has 0 bridgehead atoms. The summed E-state index contributed by atoms with van der Waals surface area (Å²) in [5.74, 6) is -2.23. The van der Waals surface area contributed by atoms with Crippen molar-refractivity contribution in [3.05, 3.63) is 24.4 Å². The van der Waals surface area contributed by atoms with Crippen molar-refractivity contribution in [1.82, 2.24) is 4.98 Å². The Bertz CT molecular complexity index is 437. The van der Waals surface area contributed by atoms with Crippen molar-refractivity contribution in [3.8, 4) is 0 Å². The molecule has 0 aliphatic heterocycles. The summed E-state index contributed by atoms with van der Waals surface area (Å²) >= 11 is 0. The zero-order chi connectivity index (χ0) is 13.9. The van der Waals surface area contributed by atoms with Crippen LogP contribution in [0.1, 0.15) is 20.8 Å². The number of carbonyl (C=O) groups excluding carboxylic acids is 1. The molecular weight excluding hydrogens is 232 g/mol. The van der Waals surface area contributed by atoms with Gasteiger partial charge >= 0.3 is 5.97 Å². The van der Waals surface area contributed by atoms with E-state index < -0.39 is 23.2 Å². The number of carbonyl (C=O) groups is 2. The van der Waals surface area contributed by atoms with E-state index in [0.717, 1.165) is 0 Å². The van der Waals surface area contributed by atoms with E-state index in [1.165, 1.54) is 11.9 Å². The third-order valence-corrected chi connectivity index (χ3v) is 2.68. The smallest absolute Gasteiger partial charge is 0.316 e. The third-order valence-electron chi connectivity index (χ3n) is 2.68. The van der Waals surface area contributed by atoms with Crippen LogP contribution in [-0.4, -0.2) is 29.0 Å². The van der Waals surface area contributed by atoms with Gasteiger partial charge in [0.2, 0.25) is 5.91 Å². The monoisotopic (exact) mass is 250 g/mol. The minimum absolute atomic E-state index is 0.443. The molecule has 5 nitrogen and oxygen atoms in total. The van der Waals surface area contributed by atoms with Crippen molar-refractivity contribution in [2.24, 2.45) is 11.3 Å². The number of carboxylic acid groups (broad SMARTS) is 1. The van der Waals surface area contributed by atoms with Gasteiger partial charge in [-0.2, -0.15) is 0 Å². The molecule has 0 aromatic carbocycles. The molecule has 1 unspecified atom stereocenters. The van der Waals surface area contributed by atoms with Crippen LogP contribution in [0.2, 0.25) is 0 Å². The van der Waals surface area contributed by atoms with Gasteiger partial charge in [-0.1, -0.05) is 26.8 Å². The van der Waals surface area contributed by atoms with E-state index in [-0.39, 0.29) is 0 Å². The van der Waals surface area contributed by atoms with Gasteiger partial charge in [0.05, 0.1) is 0 Å². The highest BCUT2D eigenvalue weighted by Gasteiger charge is 2.39. The van der Waals surface area contributed by atoms with Crippen molar-refractivity contribution in [2.75, 3.05) is 11.9 Å². The van der Waals surface area contributed by atoms with Gasteiger partial charge in [-0.3, -0.25) is 14.5 Å². The van der Waals surface area contributed by atoms with Crippen LogP contribution < -0.4 is 4.90 Å². The molecule has 0 fully saturated rings. The summed E-state index contributed by atoms with van der Waals surface area (Å²) in [7, 11) is 1.53.